The Balaban J connectivity index is 2.39. The predicted octanol–water partition coefficient (Wildman–Crippen LogP) is 0.827. The quantitative estimate of drug-likeness (QED) is 0.767. The Morgan fingerprint density at radius 2 is 2.07 bits per heavy atom. The number of hydrogen-bond acceptors (Lipinski definition) is 2. The molecule has 2 rings (SSSR count). The number of aliphatic hydroxyl groups is 1. The Morgan fingerprint density at radius 3 is 2.60 bits per heavy atom. The molecule has 1 aromatic rings. The molecule has 0 aromatic heterocycles. The van der Waals surface area contributed by atoms with Gasteiger partial charge in [0.05, 0.1) is 5.41 Å². The van der Waals surface area contributed by atoms with Gasteiger partial charge in [0.15, 0.2) is 0 Å². The molecule has 0 saturated carbocycles. The first-order valence-corrected chi connectivity index (χ1v) is 5.24. The second-order valence-electron chi connectivity index (χ2n) is 3.93. The SMILES string of the molecule is O=C1NCCC1(CCO)c1ccccc1. The van der Waals surface area contributed by atoms with Gasteiger partial charge in [0, 0.05) is 13.2 Å². The summed E-state index contributed by atoms with van der Waals surface area (Å²) in [5, 5.41) is 11.9. The summed E-state index contributed by atoms with van der Waals surface area (Å²) in [5.74, 6) is 0.0442. The summed E-state index contributed by atoms with van der Waals surface area (Å²) in [6.07, 6.45) is 1.28. The van der Waals surface area contributed by atoms with Crippen molar-refractivity contribution < 1.29 is 9.90 Å². The van der Waals surface area contributed by atoms with E-state index < -0.39 is 5.41 Å². The van der Waals surface area contributed by atoms with E-state index in [0.717, 1.165) is 12.0 Å². The van der Waals surface area contributed by atoms with Gasteiger partial charge in [0.2, 0.25) is 5.91 Å². The Morgan fingerprint density at radius 1 is 1.33 bits per heavy atom. The molecule has 1 aliphatic heterocycles. The number of nitrogens with one attached hydrogen (secondary N) is 1. The van der Waals surface area contributed by atoms with E-state index in [9.17, 15) is 4.79 Å². The van der Waals surface area contributed by atoms with Crippen molar-refractivity contribution in [2.75, 3.05) is 13.2 Å². The maximum absolute atomic E-state index is 11.9. The highest BCUT2D eigenvalue weighted by atomic mass is 16.3. The molecule has 1 atom stereocenters. The maximum atomic E-state index is 11.9. The lowest BCUT2D eigenvalue weighted by Crippen LogP contribution is -2.36. The number of carbonyl (C=O) groups is 1. The fraction of sp³-hybridized carbons (Fsp3) is 0.417. The fourth-order valence-electron chi connectivity index (χ4n) is 2.28. The first kappa shape index (κ1) is 10.2. The summed E-state index contributed by atoms with van der Waals surface area (Å²) in [6.45, 7) is 0.746. The van der Waals surface area contributed by atoms with Crippen LogP contribution in [-0.4, -0.2) is 24.2 Å². The Hall–Kier alpha value is -1.35. The number of amides is 1. The first-order chi connectivity index (χ1) is 7.29. The van der Waals surface area contributed by atoms with Gasteiger partial charge in [-0.15, -0.1) is 0 Å². The molecule has 3 nitrogen and oxygen atoms in total. The van der Waals surface area contributed by atoms with E-state index in [-0.39, 0.29) is 12.5 Å². The Kier molecular flexibility index (Phi) is 2.73. The highest BCUT2D eigenvalue weighted by molar-refractivity contribution is 5.90. The van der Waals surface area contributed by atoms with Crippen molar-refractivity contribution in [3.05, 3.63) is 35.9 Å². The van der Waals surface area contributed by atoms with E-state index in [2.05, 4.69) is 5.32 Å². The van der Waals surface area contributed by atoms with Crippen molar-refractivity contribution in [1.82, 2.24) is 5.32 Å². The van der Waals surface area contributed by atoms with Gasteiger partial charge in [-0.05, 0) is 18.4 Å². The summed E-state index contributed by atoms with van der Waals surface area (Å²) >= 11 is 0. The minimum atomic E-state index is -0.504. The average Bonchev–Trinajstić information content (AvgIpc) is 2.63. The van der Waals surface area contributed by atoms with Crippen molar-refractivity contribution in [2.45, 2.75) is 18.3 Å². The molecule has 1 amide bonds. The zero-order valence-corrected chi connectivity index (χ0v) is 8.57. The van der Waals surface area contributed by atoms with Crippen molar-refractivity contribution in [3.63, 3.8) is 0 Å². The van der Waals surface area contributed by atoms with Crippen LogP contribution in [0.3, 0.4) is 0 Å². The molecule has 1 unspecified atom stereocenters. The highest BCUT2D eigenvalue weighted by Crippen LogP contribution is 2.34. The normalized spacial score (nSPS) is 25.3. The third kappa shape index (κ3) is 1.63. The van der Waals surface area contributed by atoms with Crippen LogP contribution in [0, 0.1) is 0 Å². The van der Waals surface area contributed by atoms with E-state index in [1.165, 1.54) is 0 Å². The molecular formula is C12H15NO2. The fourth-order valence-corrected chi connectivity index (χ4v) is 2.28. The van der Waals surface area contributed by atoms with Gasteiger partial charge in [0.25, 0.3) is 0 Å². The van der Waals surface area contributed by atoms with Crippen LogP contribution < -0.4 is 5.32 Å². The average molecular weight is 205 g/mol. The summed E-state index contributed by atoms with van der Waals surface area (Å²) in [7, 11) is 0. The lowest BCUT2D eigenvalue weighted by Gasteiger charge is -2.25. The van der Waals surface area contributed by atoms with Crippen molar-refractivity contribution in [1.29, 1.82) is 0 Å². The first-order valence-electron chi connectivity index (χ1n) is 5.24. The largest absolute Gasteiger partial charge is 0.396 e. The molecular weight excluding hydrogens is 190 g/mol. The number of hydrogen-bond donors (Lipinski definition) is 2. The second-order valence-corrected chi connectivity index (χ2v) is 3.93. The van der Waals surface area contributed by atoms with Gasteiger partial charge < -0.3 is 10.4 Å². The zero-order chi connectivity index (χ0) is 10.7. The van der Waals surface area contributed by atoms with Gasteiger partial charge in [0.1, 0.15) is 0 Å². The van der Waals surface area contributed by atoms with E-state index in [4.69, 9.17) is 5.11 Å². The molecule has 1 aliphatic rings. The Labute approximate surface area is 89.1 Å². The summed E-state index contributed by atoms with van der Waals surface area (Å²) < 4.78 is 0. The minimum absolute atomic E-state index is 0.0440. The molecule has 0 aliphatic carbocycles. The van der Waals surface area contributed by atoms with Gasteiger partial charge in [-0.2, -0.15) is 0 Å². The third-order valence-electron chi connectivity index (χ3n) is 3.14. The van der Waals surface area contributed by atoms with E-state index in [0.29, 0.717) is 13.0 Å². The predicted molar refractivity (Wildman–Crippen MR) is 57.4 cm³/mol. The third-order valence-corrected chi connectivity index (χ3v) is 3.14. The van der Waals surface area contributed by atoms with Crippen molar-refractivity contribution in [2.24, 2.45) is 0 Å². The molecule has 1 aromatic carbocycles. The van der Waals surface area contributed by atoms with Gasteiger partial charge >= 0.3 is 0 Å². The molecule has 3 heteroatoms. The smallest absolute Gasteiger partial charge is 0.230 e. The standard InChI is InChI=1S/C12H15NO2/c14-9-7-12(6-8-13-11(12)15)10-4-2-1-3-5-10/h1-5,14H,6-9H2,(H,13,15). The molecule has 0 spiro atoms. The number of rotatable bonds is 3. The van der Waals surface area contributed by atoms with Crippen LogP contribution in [0.5, 0.6) is 0 Å². The molecule has 0 bridgehead atoms. The van der Waals surface area contributed by atoms with Crippen molar-refractivity contribution >= 4 is 5.91 Å². The molecule has 15 heavy (non-hydrogen) atoms. The Bertz CT molecular complexity index is 350. The molecule has 1 heterocycles. The van der Waals surface area contributed by atoms with Crippen LogP contribution in [0.15, 0.2) is 30.3 Å². The zero-order valence-electron chi connectivity index (χ0n) is 8.57. The summed E-state index contributed by atoms with van der Waals surface area (Å²) in [6, 6.07) is 9.71. The molecule has 1 fully saturated rings. The van der Waals surface area contributed by atoms with Crippen LogP contribution in [0.1, 0.15) is 18.4 Å². The van der Waals surface area contributed by atoms with Crippen LogP contribution in [-0.2, 0) is 10.2 Å². The summed E-state index contributed by atoms with van der Waals surface area (Å²) in [4.78, 5) is 11.9. The lowest BCUT2D eigenvalue weighted by atomic mass is 9.76. The molecule has 1 saturated heterocycles. The minimum Gasteiger partial charge on any atom is -0.396 e. The second kappa shape index (κ2) is 4.03. The van der Waals surface area contributed by atoms with Gasteiger partial charge in [-0.1, -0.05) is 30.3 Å². The van der Waals surface area contributed by atoms with Gasteiger partial charge in [-0.25, -0.2) is 0 Å². The van der Waals surface area contributed by atoms with Crippen LogP contribution in [0.4, 0.5) is 0 Å². The number of carbonyl (C=O) groups excluding carboxylic acids is 1. The molecule has 80 valence electrons. The summed E-state index contributed by atoms with van der Waals surface area (Å²) in [5.41, 5.74) is 0.504. The van der Waals surface area contributed by atoms with Crippen LogP contribution in [0.25, 0.3) is 0 Å². The highest BCUT2D eigenvalue weighted by Gasteiger charge is 2.42. The van der Waals surface area contributed by atoms with Crippen LogP contribution >= 0.6 is 0 Å². The van der Waals surface area contributed by atoms with E-state index in [1.807, 2.05) is 30.3 Å². The molecule has 0 radical (unpaired) electrons. The topological polar surface area (TPSA) is 49.3 Å². The van der Waals surface area contributed by atoms with E-state index >= 15 is 0 Å². The van der Waals surface area contributed by atoms with Crippen LogP contribution in [0.2, 0.25) is 0 Å². The monoisotopic (exact) mass is 205 g/mol. The lowest BCUT2D eigenvalue weighted by molar-refractivity contribution is -0.124. The number of aliphatic hydroxyl groups excluding tert-OH is 1. The van der Waals surface area contributed by atoms with Crippen molar-refractivity contribution in [3.8, 4) is 0 Å². The number of benzene rings is 1. The van der Waals surface area contributed by atoms with E-state index in [1.54, 1.807) is 0 Å². The maximum Gasteiger partial charge on any atom is 0.230 e. The van der Waals surface area contributed by atoms with Gasteiger partial charge in [-0.3, -0.25) is 4.79 Å². The molecule has 2 N–H and O–H groups in total.